The van der Waals surface area contributed by atoms with Gasteiger partial charge in [-0.3, -0.25) is 9.78 Å². The van der Waals surface area contributed by atoms with Crippen LogP contribution in [0, 0.1) is 12.8 Å². The summed E-state index contributed by atoms with van der Waals surface area (Å²) in [6, 6.07) is 10.1. The van der Waals surface area contributed by atoms with Crippen molar-refractivity contribution in [3.63, 3.8) is 0 Å². The van der Waals surface area contributed by atoms with Crippen molar-refractivity contribution in [2.24, 2.45) is 5.92 Å². The average Bonchev–Trinajstić information content (AvgIpc) is 3.17. The zero-order valence-corrected chi connectivity index (χ0v) is 19.3. The molecule has 0 radical (unpaired) electrons. The average molecular weight is 435 g/mol. The van der Waals surface area contributed by atoms with Crippen molar-refractivity contribution in [2.45, 2.75) is 46.0 Å². The monoisotopic (exact) mass is 434 g/mol. The highest BCUT2D eigenvalue weighted by Gasteiger charge is 2.17. The molecular formula is C26H34N4O2. The number of H-pyrrole nitrogens is 1. The highest BCUT2D eigenvalue weighted by atomic mass is 16.5. The summed E-state index contributed by atoms with van der Waals surface area (Å²) in [5, 5.41) is 7.54. The molecule has 1 saturated heterocycles. The van der Waals surface area contributed by atoms with E-state index in [-0.39, 0.29) is 12.5 Å². The fraction of sp³-hybridized carbons (Fsp3) is 0.462. The largest absolute Gasteiger partial charge is 0.484 e. The summed E-state index contributed by atoms with van der Waals surface area (Å²) in [6.07, 6.45) is 5.33. The second-order valence-electron chi connectivity index (χ2n) is 9.10. The van der Waals surface area contributed by atoms with Crippen LogP contribution in [0.15, 0.2) is 36.5 Å². The van der Waals surface area contributed by atoms with Gasteiger partial charge >= 0.3 is 0 Å². The van der Waals surface area contributed by atoms with Crippen LogP contribution in [0.5, 0.6) is 5.75 Å². The highest BCUT2D eigenvalue weighted by Crippen LogP contribution is 2.37. The van der Waals surface area contributed by atoms with Crippen molar-refractivity contribution in [2.75, 3.05) is 26.2 Å². The summed E-state index contributed by atoms with van der Waals surface area (Å²) in [6.45, 7) is 9.31. The van der Waals surface area contributed by atoms with Gasteiger partial charge in [-0.25, -0.2) is 0 Å². The number of hydrogen-bond donors (Lipinski definition) is 3. The first-order chi connectivity index (χ1) is 15.5. The number of carbonyl (C=O) groups excluding carboxylic acids is 1. The van der Waals surface area contributed by atoms with Crippen LogP contribution >= 0.6 is 0 Å². The molecule has 0 bridgehead atoms. The molecule has 1 fully saturated rings. The number of rotatable bonds is 8. The van der Waals surface area contributed by atoms with E-state index in [0.29, 0.717) is 24.1 Å². The fourth-order valence-corrected chi connectivity index (χ4v) is 4.60. The normalized spacial score (nSPS) is 16.4. The molecule has 1 aliphatic heterocycles. The van der Waals surface area contributed by atoms with Gasteiger partial charge in [-0.2, -0.15) is 0 Å². The number of nitrogens with one attached hydrogen (secondary N) is 3. The Hall–Kier alpha value is -2.86. The third-order valence-electron chi connectivity index (χ3n) is 6.22. The van der Waals surface area contributed by atoms with Crippen molar-refractivity contribution in [1.82, 2.24) is 20.6 Å². The minimum Gasteiger partial charge on any atom is -0.484 e. The second-order valence-corrected chi connectivity index (χ2v) is 9.10. The molecule has 1 amide bonds. The van der Waals surface area contributed by atoms with E-state index in [1.807, 2.05) is 37.4 Å². The second kappa shape index (κ2) is 10.2. The Labute approximate surface area is 190 Å². The van der Waals surface area contributed by atoms with Gasteiger partial charge in [0.2, 0.25) is 0 Å². The number of carbonyl (C=O) groups is 1. The molecule has 6 nitrogen and oxygen atoms in total. The first-order valence-electron chi connectivity index (χ1n) is 11.7. The number of aromatic nitrogens is 2. The molecule has 1 aliphatic rings. The lowest BCUT2D eigenvalue weighted by Gasteiger charge is -2.22. The third-order valence-corrected chi connectivity index (χ3v) is 6.22. The molecule has 170 valence electrons. The van der Waals surface area contributed by atoms with E-state index in [0.717, 1.165) is 47.4 Å². The fourth-order valence-electron chi connectivity index (χ4n) is 4.60. The van der Waals surface area contributed by atoms with E-state index in [9.17, 15) is 4.79 Å². The molecule has 1 unspecified atom stereocenters. The summed E-state index contributed by atoms with van der Waals surface area (Å²) < 4.78 is 5.84. The smallest absolute Gasteiger partial charge is 0.257 e. The summed E-state index contributed by atoms with van der Waals surface area (Å²) in [4.78, 5) is 20.1. The van der Waals surface area contributed by atoms with Crippen LogP contribution in [0.25, 0.3) is 22.2 Å². The van der Waals surface area contributed by atoms with Crippen LogP contribution < -0.4 is 15.4 Å². The molecule has 3 heterocycles. The SMILES string of the molecule is Cc1cc(-c2[nH]c3ccc(OCC(=O)NCCC4CCCNC4)cc3c2C(C)C)ccn1. The van der Waals surface area contributed by atoms with Crippen molar-refractivity contribution in [1.29, 1.82) is 0 Å². The van der Waals surface area contributed by atoms with E-state index in [2.05, 4.69) is 40.5 Å². The van der Waals surface area contributed by atoms with Gasteiger partial charge < -0.3 is 20.4 Å². The van der Waals surface area contributed by atoms with Crippen molar-refractivity contribution in [3.05, 3.63) is 47.8 Å². The van der Waals surface area contributed by atoms with E-state index < -0.39 is 0 Å². The Morgan fingerprint density at radius 3 is 2.91 bits per heavy atom. The maximum atomic E-state index is 12.3. The number of benzene rings is 1. The van der Waals surface area contributed by atoms with Crippen LogP contribution in [-0.2, 0) is 4.79 Å². The number of nitrogens with zero attached hydrogens (tertiary/aromatic N) is 1. The molecule has 6 heteroatoms. The number of hydrogen-bond acceptors (Lipinski definition) is 4. The first-order valence-corrected chi connectivity index (χ1v) is 11.7. The van der Waals surface area contributed by atoms with Crippen LogP contribution in [0.3, 0.4) is 0 Å². The van der Waals surface area contributed by atoms with Crippen molar-refractivity contribution < 1.29 is 9.53 Å². The summed E-state index contributed by atoms with van der Waals surface area (Å²) in [5.41, 5.74) is 5.56. The van der Waals surface area contributed by atoms with Crippen LogP contribution in [0.1, 0.15) is 50.3 Å². The molecule has 0 aliphatic carbocycles. The van der Waals surface area contributed by atoms with Crippen LogP contribution in [0.4, 0.5) is 0 Å². The predicted molar refractivity (Wildman–Crippen MR) is 129 cm³/mol. The minimum atomic E-state index is -0.0695. The van der Waals surface area contributed by atoms with E-state index in [1.54, 1.807) is 0 Å². The summed E-state index contributed by atoms with van der Waals surface area (Å²) in [7, 11) is 0. The quantitative estimate of drug-likeness (QED) is 0.486. The Kier molecular flexibility index (Phi) is 7.10. The molecule has 1 atom stereocenters. The number of pyridine rings is 1. The molecular weight excluding hydrogens is 400 g/mol. The Morgan fingerprint density at radius 1 is 1.28 bits per heavy atom. The van der Waals surface area contributed by atoms with Gasteiger partial charge in [0.15, 0.2) is 6.61 Å². The predicted octanol–water partition coefficient (Wildman–Crippen LogP) is 4.55. The highest BCUT2D eigenvalue weighted by molar-refractivity contribution is 5.92. The van der Waals surface area contributed by atoms with Crippen molar-refractivity contribution in [3.8, 4) is 17.0 Å². The maximum absolute atomic E-state index is 12.3. The molecule has 32 heavy (non-hydrogen) atoms. The lowest BCUT2D eigenvalue weighted by Crippen LogP contribution is -2.34. The lowest BCUT2D eigenvalue weighted by molar-refractivity contribution is -0.123. The topological polar surface area (TPSA) is 79.0 Å². The van der Waals surface area contributed by atoms with E-state index in [4.69, 9.17) is 4.74 Å². The molecule has 2 aromatic heterocycles. The van der Waals surface area contributed by atoms with E-state index >= 15 is 0 Å². The van der Waals surface area contributed by atoms with Gasteiger partial charge in [-0.05, 0) is 87.0 Å². The molecule has 3 N–H and O–H groups in total. The third kappa shape index (κ3) is 5.30. The van der Waals surface area contributed by atoms with E-state index in [1.165, 1.54) is 18.4 Å². The zero-order chi connectivity index (χ0) is 22.5. The van der Waals surface area contributed by atoms with Gasteiger partial charge in [0.1, 0.15) is 5.75 Å². The number of aryl methyl sites for hydroxylation is 1. The van der Waals surface area contributed by atoms with Gasteiger partial charge in [0, 0.05) is 34.9 Å². The number of ether oxygens (including phenoxy) is 1. The first kappa shape index (κ1) is 22.3. The van der Waals surface area contributed by atoms with Gasteiger partial charge in [-0.15, -0.1) is 0 Å². The molecule has 0 saturated carbocycles. The summed E-state index contributed by atoms with van der Waals surface area (Å²) >= 11 is 0. The minimum absolute atomic E-state index is 0.0340. The van der Waals surface area contributed by atoms with Crippen LogP contribution in [0.2, 0.25) is 0 Å². The molecule has 4 rings (SSSR count). The maximum Gasteiger partial charge on any atom is 0.257 e. The standard InChI is InChI=1S/C26H34N4O2/c1-17(2)25-22-14-21(32-16-24(31)29-11-8-19-5-4-10-27-15-19)6-7-23(22)30-26(25)20-9-12-28-18(3)13-20/h6-7,9,12-14,17,19,27,30H,4-5,8,10-11,15-16H2,1-3H3,(H,29,31). The van der Waals surface area contributed by atoms with Gasteiger partial charge in [0.05, 0.1) is 5.69 Å². The number of piperidine rings is 1. The zero-order valence-electron chi connectivity index (χ0n) is 19.3. The number of amides is 1. The van der Waals surface area contributed by atoms with Crippen LogP contribution in [-0.4, -0.2) is 42.1 Å². The Bertz CT molecular complexity index is 1070. The molecule has 3 aromatic rings. The number of aromatic amines is 1. The number of fused-ring (bicyclic) bond motifs is 1. The summed E-state index contributed by atoms with van der Waals surface area (Å²) in [5.74, 6) is 1.64. The van der Waals surface area contributed by atoms with Gasteiger partial charge in [-0.1, -0.05) is 13.8 Å². The van der Waals surface area contributed by atoms with Crippen molar-refractivity contribution >= 4 is 16.8 Å². The molecule has 0 spiro atoms. The van der Waals surface area contributed by atoms with Gasteiger partial charge in [0.25, 0.3) is 5.91 Å². The lowest BCUT2D eigenvalue weighted by atomic mass is 9.96. The molecule has 1 aromatic carbocycles. The Balaban J connectivity index is 1.42. The Morgan fingerprint density at radius 2 is 2.16 bits per heavy atom.